The predicted molar refractivity (Wildman–Crippen MR) is 129 cm³/mol. The van der Waals surface area contributed by atoms with Crippen LogP contribution in [-0.2, 0) is 4.79 Å². The van der Waals surface area contributed by atoms with Crippen LogP contribution in [0.5, 0.6) is 0 Å². The number of hydrazone groups is 1. The summed E-state index contributed by atoms with van der Waals surface area (Å²) in [6.07, 6.45) is 3.96. The number of rotatable bonds is 5. The summed E-state index contributed by atoms with van der Waals surface area (Å²) < 4.78 is 2.02. The summed E-state index contributed by atoms with van der Waals surface area (Å²) in [5, 5.41) is 4.13. The monoisotopic (exact) mass is 436 g/mol. The van der Waals surface area contributed by atoms with Gasteiger partial charge >= 0.3 is 0 Å². The van der Waals surface area contributed by atoms with E-state index in [9.17, 15) is 4.79 Å². The van der Waals surface area contributed by atoms with Gasteiger partial charge in [-0.05, 0) is 56.2 Å². The third-order valence-electron chi connectivity index (χ3n) is 5.24. The highest BCUT2D eigenvalue weighted by Gasteiger charge is 2.28. The lowest BCUT2D eigenvalue weighted by Gasteiger charge is -2.40. The molecule has 0 fully saturated rings. The van der Waals surface area contributed by atoms with E-state index in [0.29, 0.717) is 0 Å². The van der Waals surface area contributed by atoms with Crippen molar-refractivity contribution in [3.63, 3.8) is 0 Å². The summed E-state index contributed by atoms with van der Waals surface area (Å²) in [7, 11) is 2.11. The van der Waals surface area contributed by atoms with Crippen LogP contribution >= 0.6 is 23.1 Å². The molecule has 0 spiro atoms. The third kappa shape index (κ3) is 4.27. The zero-order chi connectivity index (χ0) is 21.3. The van der Waals surface area contributed by atoms with E-state index in [4.69, 9.17) is 0 Å². The van der Waals surface area contributed by atoms with Gasteiger partial charge in [0.1, 0.15) is 0 Å². The molecule has 154 valence electrons. The van der Waals surface area contributed by atoms with Crippen LogP contribution in [-0.4, -0.2) is 35.4 Å². The summed E-state index contributed by atoms with van der Waals surface area (Å²) in [5.41, 5.74) is 8.16. The normalized spacial score (nSPS) is 15.3. The topological polar surface area (TPSA) is 57.6 Å². The average molecular weight is 437 g/mol. The van der Waals surface area contributed by atoms with Crippen LogP contribution in [0, 0.1) is 0 Å². The first-order valence-electron chi connectivity index (χ1n) is 9.71. The van der Waals surface area contributed by atoms with E-state index in [-0.39, 0.29) is 17.2 Å². The number of para-hydroxylation sites is 1. The quantitative estimate of drug-likeness (QED) is 0.341. The van der Waals surface area contributed by atoms with Gasteiger partial charge in [-0.1, -0.05) is 36.0 Å². The molecule has 0 atom stereocenters. The van der Waals surface area contributed by atoms with Crippen molar-refractivity contribution in [2.75, 3.05) is 17.7 Å². The molecule has 7 heteroatoms. The number of benzene rings is 2. The van der Waals surface area contributed by atoms with Gasteiger partial charge in [0, 0.05) is 18.3 Å². The summed E-state index contributed by atoms with van der Waals surface area (Å²) in [6, 6.07) is 14.2. The van der Waals surface area contributed by atoms with Crippen LogP contribution in [0.3, 0.4) is 0 Å². The van der Waals surface area contributed by atoms with Crippen molar-refractivity contribution in [3.05, 3.63) is 59.7 Å². The SMILES string of the molecule is CC1=CC(C)(C)N(C)c2ccc(/C=N/NC(=O)CSc3nc4ccccc4s3)cc21. The minimum atomic E-state index is -0.147. The van der Waals surface area contributed by atoms with E-state index in [1.54, 1.807) is 17.6 Å². The van der Waals surface area contributed by atoms with Crippen LogP contribution in [0.1, 0.15) is 31.9 Å². The second-order valence-electron chi connectivity index (χ2n) is 7.85. The maximum Gasteiger partial charge on any atom is 0.250 e. The second-order valence-corrected chi connectivity index (χ2v) is 10.1. The Kier molecular flexibility index (Phi) is 5.66. The van der Waals surface area contributed by atoms with Crippen molar-refractivity contribution in [3.8, 4) is 0 Å². The Balaban J connectivity index is 1.36. The highest BCUT2D eigenvalue weighted by atomic mass is 32.2. The molecule has 0 unspecified atom stereocenters. The fourth-order valence-corrected chi connectivity index (χ4v) is 5.37. The molecule has 1 aliphatic heterocycles. The Labute approximate surface area is 184 Å². The largest absolute Gasteiger partial charge is 0.366 e. The zero-order valence-electron chi connectivity index (χ0n) is 17.5. The summed E-state index contributed by atoms with van der Waals surface area (Å²) in [4.78, 5) is 18.9. The molecule has 5 nitrogen and oxygen atoms in total. The molecule has 1 amide bonds. The summed E-state index contributed by atoms with van der Waals surface area (Å²) >= 11 is 3.03. The lowest BCUT2D eigenvalue weighted by Crippen LogP contribution is -2.42. The molecule has 1 N–H and O–H groups in total. The predicted octanol–water partition coefficient (Wildman–Crippen LogP) is 5.17. The Hall–Kier alpha value is -2.64. The van der Waals surface area contributed by atoms with Crippen LogP contribution in [0.2, 0.25) is 0 Å². The number of thioether (sulfide) groups is 1. The van der Waals surface area contributed by atoms with Gasteiger partial charge in [-0.3, -0.25) is 4.79 Å². The van der Waals surface area contributed by atoms with E-state index in [1.807, 2.05) is 30.3 Å². The van der Waals surface area contributed by atoms with Gasteiger partial charge < -0.3 is 4.90 Å². The standard InChI is InChI=1S/C23H24N4OS2/c1-15-12-23(2,3)27(4)19-10-9-16(11-17(15)19)13-24-26-21(28)14-29-22-25-18-7-5-6-8-20(18)30-22/h5-13H,14H2,1-4H3,(H,26,28)/b24-13+. The molecule has 2 heterocycles. The van der Waals surface area contributed by atoms with Crippen LogP contribution in [0.25, 0.3) is 15.8 Å². The number of nitrogens with one attached hydrogen (secondary N) is 1. The van der Waals surface area contributed by atoms with Crippen molar-refractivity contribution in [2.24, 2.45) is 5.10 Å². The molecule has 4 rings (SSSR count). The molecule has 0 saturated carbocycles. The van der Waals surface area contributed by atoms with E-state index in [1.165, 1.54) is 28.6 Å². The Morgan fingerprint density at radius 1 is 1.30 bits per heavy atom. The fraction of sp³-hybridized carbons (Fsp3) is 0.261. The zero-order valence-corrected chi connectivity index (χ0v) is 19.1. The highest BCUT2D eigenvalue weighted by Crippen LogP contribution is 2.37. The molecule has 2 aromatic carbocycles. The minimum absolute atomic E-state index is 0.0123. The number of likely N-dealkylation sites (N-methyl/N-ethyl adjacent to an activating group) is 1. The van der Waals surface area contributed by atoms with Gasteiger partial charge in [-0.15, -0.1) is 11.3 Å². The second kappa shape index (κ2) is 8.24. The number of amides is 1. The van der Waals surface area contributed by atoms with Crippen molar-refractivity contribution in [1.29, 1.82) is 0 Å². The Morgan fingerprint density at radius 2 is 2.10 bits per heavy atom. The van der Waals surface area contributed by atoms with Crippen molar-refractivity contribution >= 4 is 56.7 Å². The first kappa shape index (κ1) is 20.6. The number of nitrogens with zero attached hydrogens (tertiary/aromatic N) is 3. The molecule has 3 aromatic rings. The van der Waals surface area contributed by atoms with E-state index in [0.717, 1.165) is 20.1 Å². The Bertz CT molecular complexity index is 1130. The average Bonchev–Trinajstić information content (AvgIpc) is 3.13. The van der Waals surface area contributed by atoms with Crippen molar-refractivity contribution in [2.45, 2.75) is 30.6 Å². The molecular formula is C23H24N4OS2. The third-order valence-corrected chi connectivity index (χ3v) is 7.42. The first-order valence-corrected chi connectivity index (χ1v) is 11.5. The number of carbonyl (C=O) groups is 1. The van der Waals surface area contributed by atoms with Gasteiger partial charge in [0.2, 0.25) is 0 Å². The Morgan fingerprint density at radius 3 is 2.90 bits per heavy atom. The first-order chi connectivity index (χ1) is 14.3. The number of hydrogen-bond acceptors (Lipinski definition) is 6. The van der Waals surface area contributed by atoms with Crippen LogP contribution in [0.4, 0.5) is 5.69 Å². The molecule has 1 aromatic heterocycles. The lowest BCUT2D eigenvalue weighted by atomic mass is 9.89. The van der Waals surface area contributed by atoms with Gasteiger partial charge in [0.15, 0.2) is 4.34 Å². The number of thiazole rings is 1. The van der Waals surface area contributed by atoms with Gasteiger partial charge in [-0.25, -0.2) is 10.4 Å². The molecule has 30 heavy (non-hydrogen) atoms. The van der Waals surface area contributed by atoms with Gasteiger partial charge in [0.05, 0.1) is 27.7 Å². The lowest BCUT2D eigenvalue weighted by molar-refractivity contribution is -0.118. The van der Waals surface area contributed by atoms with E-state index >= 15 is 0 Å². The van der Waals surface area contributed by atoms with E-state index in [2.05, 4.69) is 66.4 Å². The number of hydrogen-bond donors (Lipinski definition) is 1. The van der Waals surface area contributed by atoms with Gasteiger partial charge in [0.25, 0.3) is 5.91 Å². The molecule has 0 radical (unpaired) electrons. The minimum Gasteiger partial charge on any atom is -0.366 e. The molecule has 0 bridgehead atoms. The smallest absolute Gasteiger partial charge is 0.250 e. The van der Waals surface area contributed by atoms with Crippen molar-refractivity contribution in [1.82, 2.24) is 10.4 Å². The maximum atomic E-state index is 12.1. The number of fused-ring (bicyclic) bond motifs is 2. The highest BCUT2D eigenvalue weighted by molar-refractivity contribution is 8.01. The maximum absolute atomic E-state index is 12.1. The summed E-state index contributed by atoms with van der Waals surface area (Å²) in [5.74, 6) is 0.134. The number of aromatic nitrogens is 1. The van der Waals surface area contributed by atoms with Crippen LogP contribution in [0.15, 0.2) is 58.0 Å². The number of allylic oxidation sites excluding steroid dienone is 1. The van der Waals surface area contributed by atoms with Crippen LogP contribution < -0.4 is 10.3 Å². The summed E-state index contributed by atoms with van der Waals surface area (Å²) in [6.45, 7) is 6.54. The number of anilines is 1. The molecule has 1 aliphatic rings. The van der Waals surface area contributed by atoms with E-state index < -0.39 is 0 Å². The molecule has 0 aliphatic carbocycles. The van der Waals surface area contributed by atoms with Gasteiger partial charge in [-0.2, -0.15) is 5.10 Å². The van der Waals surface area contributed by atoms with Crippen molar-refractivity contribution < 1.29 is 4.79 Å². The molecule has 0 saturated heterocycles. The molecular weight excluding hydrogens is 412 g/mol. The number of carbonyl (C=O) groups excluding carboxylic acids is 1. The fourth-order valence-electron chi connectivity index (χ4n) is 3.51.